The van der Waals surface area contributed by atoms with E-state index in [0.717, 1.165) is 23.6 Å². The summed E-state index contributed by atoms with van der Waals surface area (Å²) in [4.78, 5) is 13.1. The first kappa shape index (κ1) is 21.5. The molecule has 2 aliphatic rings. The van der Waals surface area contributed by atoms with Gasteiger partial charge in [0, 0.05) is 12.1 Å². The molecule has 2 fully saturated rings. The second-order valence-electron chi connectivity index (χ2n) is 8.21. The molecule has 2 saturated carbocycles. The zero-order valence-electron chi connectivity index (χ0n) is 17.8. The van der Waals surface area contributed by atoms with E-state index in [1.807, 2.05) is 0 Å². The first-order valence-electron chi connectivity index (χ1n) is 10.5. The van der Waals surface area contributed by atoms with Crippen LogP contribution in [0.3, 0.4) is 0 Å². The lowest BCUT2D eigenvalue weighted by molar-refractivity contribution is -0.120. The number of methoxy groups -OCH3 is 2. The first-order chi connectivity index (χ1) is 14.9. The van der Waals surface area contributed by atoms with Crippen LogP contribution in [0.15, 0.2) is 53.4 Å². The Morgan fingerprint density at radius 3 is 2.39 bits per heavy atom. The molecule has 3 atom stereocenters. The molecule has 166 valence electrons. The zero-order valence-corrected chi connectivity index (χ0v) is 18.6. The third-order valence-electron chi connectivity index (χ3n) is 6.36. The fourth-order valence-corrected chi connectivity index (χ4v) is 6.25. The van der Waals surface area contributed by atoms with Crippen molar-refractivity contribution in [3.63, 3.8) is 0 Å². The number of hydrogen-bond acceptors (Lipinski definition) is 5. The minimum Gasteiger partial charge on any atom is -0.493 e. The molecular weight excluding hydrogens is 416 g/mol. The van der Waals surface area contributed by atoms with Gasteiger partial charge in [-0.2, -0.15) is 0 Å². The summed E-state index contributed by atoms with van der Waals surface area (Å²) >= 11 is 0. The van der Waals surface area contributed by atoms with Crippen LogP contribution in [-0.4, -0.2) is 41.1 Å². The summed E-state index contributed by atoms with van der Waals surface area (Å²) in [5.41, 5.74) is 0.338. The minimum atomic E-state index is -3.96. The summed E-state index contributed by atoms with van der Waals surface area (Å²) < 4.78 is 38.7. The third-order valence-corrected chi connectivity index (χ3v) is 8.15. The van der Waals surface area contributed by atoms with E-state index in [-0.39, 0.29) is 23.4 Å². The Bertz CT molecular complexity index is 1040. The maximum atomic E-state index is 13.5. The molecule has 0 saturated heterocycles. The van der Waals surface area contributed by atoms with Gasteiger partial charge in [-0.05, 0) is 55.4 Å². The number of amides is 1. The number of hydrogen-bond donors (Lipinski definition) is 1. The van der Waals surface area contributed by atoms with E-state index in [0.29, 0.717) is 29.0 Å². The Hall–Kier alpha value is -2.74. The van der Waals surface area contributed by atoms with Crippen LogP contribution in [0.1, 0.15) is 25.7 Å². The molecule has 31 heavy (non-hydrogen) atoms. The van der Waals surface area contributed by atoms with Gasteiger partial charge in [-0.25, -0.2) is 8.42 Å². The van der Waals surface area contributed by atoms with Crippen molar-refractivity contribution in [2.75, 3.05) is 25.1 Å². The van der Waals surface area contributed by atoms with E-state index < -0.39 is 10.0 Å². The number of carbonyl (C=O) groups excluding carboxylic acids is 1. The molecule has 2 aliphatic carbocycles. The van der Waals surface area contributed by atoms with Gasteiger partial charge in [-0.1, -0.05) is 24.6 Å². The smallest absolute Gasteiger partial charge is 0.264 e. The first-order valence-corrected chi connectivity index (χ1v) is 12.0. The van der Waals surface area contributed by atoms with Crippen molar-refractivity contribution in [1.29, 1.82) is 0 Å². The largest absolute Gasteiger partial charge is 0.493 e. The Kier molecular flexibility index (Phi) is 6.09. The molecular formula is C23H28N2O5S. The summed E-state index contributed by atoms with van der Waals surface area (Å²) in [5.74, 6) is 1.77. The van der Waals surface area contributed by atoms with Gasteiger partial charge in [0.25, 0.3) is 10.0 Å². The number of fused-ring (bicyclic) bond motifs is 2. The fourth-order valence-electron chi connectivity index (χ4n) is 4.82. The lowest BCUT2D eigenvalue weighted by Crippen LogP contribution is -2.46. The Balaban J connectivity index is 1.63. The maximum absolute atomic E-state index is 13.5. The number of sulfonamides is 1. The van der Waals surface area contributed by atoms with Crippen LogP contribution in [-0.2, 0) is 14.8 Å². The summed E-state index contributed by atoms with van der Waals surface area (Å²) in [5, 5.41) is 3.08. The summed E-state index contributed by atoms with van der Waals surface area (Å²) in [6.07, 6.45) is 4.51. The molecule has 0 spiro atoms. The van der Waals surface area contributed by atoms with Crippen LogP contribution in [0.25, 0.3) is 0 Å². The molecule has 4 rings (SSSR count). The highest BCUT2D eigenvalue weighted by atomic mass is 32.2. The molecule has 0 heterocycles. The Morgan fingerprint density at radius 2 is 1.77 bits per heavy atom. The second kappa shape index (κ2) is 8.78. The van der Waals surface area contributed by atoms with Gasteiger partial charge in [-0.3, -0.25) is 9.10 Å². The van der Waals surface area contributed by atoms with Crippen molar-refractivity contribution in [3.05, 3.63) is 48.5 Å². The van der Waals surface area contributed by atoms with Crippen molar-refractivity contribution in [1.82, 2.24) is 5.32 Å². The lowest BCUT2D eigenvalue weighted by atomic mass is 9.95. The van der Waals surface area contributed by atoms with Crippen LogP contribution >= 0.6 is 0 Å². The van der Waals surface area contributed by atoms with Gasteiger partial charge in [-0.15, -0.1) is 0 Å². The van der Waals surface area contributed by atoms with E-state index >= 15 is 0 Å². The van der Waals surface area contributed by atoms with Gasteiger partial charge >= 0.3 is 0 Å². The molecule has 0 aromatic heterocycles. The number of nitrogens with one attached hydrogen (secondary N) is 1. The fraction of sp³-hybridized carbons (Fsp3) is 0.435. The lowest BCUT2D eigenvalue weighted by Gasteiger charge is -2.27. The summed E-state index contributed by atoms with van der Waals surface area (Å²) in [7, 11) is -0.963. The molecule has 1 amide bonds. The van der Waals surface area contributed by atoms with Gasteiger partial charge in [0.15, 0.2) is 11.5 Å². The second-order valence-corrected chi connectivity index (χ2v) is 10.1. The number of rotatable bonds is 8. The minimum absolute atomic E-state index is 0.123. The maximum Gasteiger partial charge on any atom is 0.264 e. The van der Waals surface area contributed by atoms with Gasteiger partial charge in [0.2, 0.25) is 5.91 Å². The molecule has 0 unspecified atom stereocenters. The highest BCUT2D eigenvalue weighted by Crippen LogP contribution is 2.44. The van der Waals surface area contributed by atoms with Crippen molar-refractivity contribution in [3.8, 4) is 11.5 Å². The number of nitrogens with zero attached hydrogens (tertiary/aromatic N) is 1. The number of ether oxygens (including phenoxy) is 2. The van der Waals surface area contributed by atoms with Crippen LogP contribution in [0.2, 0.25) is 0 Å². The number of carbonyl (C=O) groups is 1. The molecule has 2 aromatic rings. The van der Waals surface area contributed by atoms with Crippen molar-refractivity contribution in [2.24, 2.45) is 11.8 Å². The quantitative estimate of drug-likeness (QED) is 0.676. The van der Waals surface area contributed by atoms with Crippen LogP contribution < -0.4 is 19.1 Å². The molecule has 7 nitrogen and oxygen atoms in total. The number of benzene rings is 2. The van der Waals surface area contributed by atoms with Crippen LogP contribution in [0.5, 0.6) is 11.5 Å². The van der Waals surface area contributed by atoms with E-state index in [1.54, 1.807) is 36.4 Å². The van der Waals surface area contributed by atoms with Gasteiger partial charge in [0.1, 0.15) is 6.54 Å². The highest BCUT2D eigenvalue weighted by Gasteiger charge is 2.40. The Morgan fingerprint density at radius 1 is 1.03 bits per heavy atom. The zero-order chi connectivity index (χ0) is 22.0. The average molecular weight is 445 g/mol. The normalized spacial score (nSPS) is 22.2. The highest BCUT2D eigenvalue weighted by molar-refractivity contribution is 7.92. The van der Waals surface area contributed by atoms with E-state index in [1.165, 1.54) is 32.8 Å². The summed E-state index contributed by atoms with van der Waals surface area (Å²) in [6, 6.07) is 13.1. The molecule has 0 radical (unpaired) electrons. The van der Waals surface area contributed by atoms with E-state index in [9.17, 15) is 13.2 Å². The molecule has 2 aromatic carbocycles. The third kappa shape index (κ3) is 4.35. The van der Waals surface area contributed by atoms with Crippen molar-refractivity contribution < 1.29 is 22.7 Å². The molecule has 0 aliphatic heterocycles. The van der Waals surface area contributed by atoms with E-state index in [2.05, 4.69) is 5.32 Å². The predicted molar refractivity (Wildman–Crippen MR) is 118 cm³/mol. The topological polar surface area (TPSA) is 84.9 Å². The van der Waals surface area contributed by atoms with Gasteiger partial charge in [0.05, 0.1) is 24.8 Å². The van der Waals surface area contributed by atoms with Crippen molar-refractivity contribution in [2.45, 2.75) is 36.6 Å². The van der Waals surface area contributed by atoms with Gasteiger partial charge < -0.3 is 14.8 Å². The average Bonchev–Trinajstić information content (AvgIpc) is 3.41. The number of anilines is 1. The molecule has 2 bridgehead atoms. The van der Waals surface area contributed by atoms with Crippen LogP contribution in [0.4, 0.5) is 5.69 Å². The Labute approximate surface area is 183 Å². The molecule has 8 heteroatoms. The summed E-state index contributed by atoms with van der Waals surface area (Å²) in [6.45, 7) is -0.305. The SMILES string of the molecule is COc1ccc(N(CC(=O)N[C@H]2C[C@@H]3CC[C@H]2C3)S(=O)(=O)c2ccccc2)cc1OC. The monoisotopic (exact) mass is 444 g/mol. The van der Waals surface area contributed by atoms with Crippen LogP contribution in [0, 0.1) is 11.8 Å². The standard InChI is InChI=1S/C23H28N2O5S/c1-29-21-11-10-18(14-22(21)30-2)25(31(27,28)19-6-4-3-5-7-19)15-23(26)24-20-13-16-8-9-17(20)12-16/h3-7,10-11,14,16-17,20H,8-9,12-13,15H2,1-2H3,(H,24,26)/t16-,17+,20+/m1/s1. The van der Waals surface area contributed by atoms with Crippen molar-refractivity contribution >= 4 is 21.6 Å². The molecule has 1 N–H and O–H groups in total. The predicted octanol–water partition coefficient (Wildman–Crippen LogP) is 3.20. The van der Waals surface area contributed by atoms with E-state index in [4.69, 9.17) is 9.47 Å².